The summed E-state index contributed by atoms with van der Waals surface area (Å²) < 4.78 is 5.61. The Bertz CT molecular complexity index is 474. The molecule has 2 rings (SSSR count). The van der Waals surface area contributed by atoms with Gasteiger partial charge >= 0.3 is 5.97 Å². The highest BCUT2D eigenvalue weighted by molar-refractivity contribution is 5.96. The first-order chi connectivity index (χ1) is 8.41. The average Bonchev–Trinajstić information content (AvgIpc) is 2.27. The molecule has 0 unspecified atom stereocenters. The second-order valence-corrected chi connectivity index (χ2v) is 4.93. The van der Waals surface area contributed by atoms with Crippen LogP contribution in [-0.4, -0.2) is 41.4 Å². The molecule has 6 nitrogen and oxygen atoms in total. The fraction of sp³-hybridized carbons (Fsp3) is 0.500. The smallest absolute Gasteiger partial charge is 0.337 e. The van der Waals surface area contributed by atoms with Crippen LogP contribution in [0, 0.1) is 0 Å². The molecule has 0 saturated carbocycles. The number of nitrogen functional groups attached to an aromatic ring is 1. The van der Waals surface area contributed by atoms with Crippen molar-refractivity contribution in [2.24, 2.45) is 0 Å². The summed E-state index contributed by atoms with van der Waals surface area (Å²) in [5.74, 6) is -0.519. The minimum Gasteiger partial charge on any atom is -0.478 e. The zero-order chi connectivity index (χ0) is 13.3. The maximum atomic E-state index is 11.0. The molecule has 1 aromatic rings. The molecule has 1 fully saturated rings. The number of carboxylic acid groups (broad SMARTS) is 1. The van der Waals surface area contributed by atoms with Crippen molar-refractivity contribution in [2.75, 3.05) is 30.3 Å². The number of nitrogens with two attached hydrogens (primary N) is 1. The fourth-order valence-electron chi connectivity index (χ4n) is 2.10. The van der Waals surface area contributed by atoms with Crippen molar-refractivity contribution >= 4 is 17.5 Å². The van der Waals surface area contributed by atoms with Crippen LogP contribution in [0.3, 0.4) is 0 Å². The Hall–Kier alpha value is -1.82. The molecule has 0 aliphatic carbocycles. The number of anilines is 2. The van der Waals surface area contributed by atoms with Gasteiger partial charge in [0.15, 0.2) is 5.82 Å². The van der Waals surface area contributed by atoms with Gasteiger partial charge in [-0.3, -0.25) is 0 Å². The van der Waals surface area contributed by atoms with E-state index in [0.717, 1.165) is 0 Å². The van der Waals surface area contributed by atoms with Crippen molar-refractivity contribution < 1.29 is 14.6 Å². The van der Waals surface area contributed by atoms with Crippen molar-refractivity contribution in [3.05, 3.63) is 17.8 Å². The Kier molecular flexibility index (Phi) is 3.13. The molecule has 2 heterocycles. The van der Waals surface area contributed by atoms with E-state index in [2.05, 4.69) is 4.98 Å². The highest BCUT2D eigenvalue weighted by Gasteiger charge is 2.29. The number of pyridine rings is 1. The second-order valence-electron chi connectivity index (χ2n) is 4.93. The SMILES string of the molecule is CC1(C)CN(c2nccc(C(=O)O)c2N)CCO1. The lowest BCUT2D eigenvalue weighted by molar-refractivity contribution is -0.0278. The van der Waals surface area contributed by atoms with Crippen LogP contribution in [0.15, 0.2) is 12.3 Å². The predicted molar refractivity (Wildman–Crippen MR) is 67.9 cm³/mol. The monoisotopic (exact) mass is 251 g/mol. The van der Waals surface area contributed by atoms with Gasteiger partial charge in [0.2, 0.25) is 0 Å². The van der Waals surface area contributed by atoms with E-state index < -0.39 is 5.97 Å². The maximum Gasteiger partial charge on any atom is 0.337 e. The minimum absolute atomic E-state index is 0.0873. The summed E-state index contributed by atoms with van der Waals surface area (Å²) in [5, 5.41) is 9.04. The van der Waals surface area contributed by atoms with Crippen molar-refractivity contribution in [1.82, 2.24) is 4.98 Å². The summed E-state index contributed by atoms with van der Waals surface area (Å²) in [4.78, 5) is 17.2. The van der Waals surface area contributed by atoms with E-state index in [9.17, 15) is 4.79 Å². The van der Waals surface area contributed by atoms with Crippen LogP contribution in [0.2, 0.25) is 0 Å². The van der Waals surface area contributed by atoms with Gasteiger partial charge in [0.05, 0.1) is 23.5 Å². The Morgan fingerprint density at radius 1 is 1.61 bits per heavy atom. The molecular formula is C12H17N3O3. The second kappa shape index (κ2) is 4.45. The molecule has 1 aliphatic rings. The summed E-state index contributed by atoms with van der Waals surface area (Å²) >= 11 is 0. The number of aromatic nitrogens is 1. The molecule has 0 spiro atoms. The largest absolute Gasteiger partial charge is 0.478 e. The first-order valence-corrected chi connectivity index (χ1v) is 5.77. The van der Waals surface area contributed by atoms with Crippen LogP contribution in [0.5, 0.6) is 0 Å². The molecule has 18 heavy (non-hydrogen) atoms. The number of ether oxygens (including phenoxy) is 1. The topological polar surface area (TPSA) is 88.7 Å². The zero-order valence-corrected chi connectivity index (χ0v) is 10.5. The summed E-state index contributed by atoms with van der Waals surface area (Å²) in [6.45, 7) is 5.83. The normalized spacial score (nSPS) is 18.7. The Labute approximate surface area is 105 Å². The number of carbonyl (C=O) groups is 1. The molecule has 1 saturated heterocycles. The number of hydrogen-bond acceptors (Lipinski definition) is 5. The molecule has 0 amide bonds. The molecule has 6 heteroatoms. The highest BCUT2D eigenvalue weighted by Crippen LogP contribution is 2.28. The lowest BCUT2D eigenvalue weighted by Gasteiger charge is -2.39. The van der Waals surface area contributed by atoms with Gasteiger partial charge in [0, 0.05) is 19.3 Å². The molecule has 0 radical (unpaired) electrons. The van der Waals surface area contributed by atoms with Crippen LogP contribution in [-0.2, 0) is 4.74 Å². The Balaban J connectivity index is 2.34. The van der Waals surface area contributed by atoms with Gasteiger partial charge in [-0.15, -0.1) is 0 Å². The van der Waals surface area contributed by atoms with Crippen LogP contribution in [0.4, 0.5) is 11.5 Å². The number of morpholine rings is 1. The summed E-state index contributed by atoms with van der Waals surface area (Å²) in [5.41, 5.74) is 5.89. The molecule has 1 aromatic heterocycles. The average molecular weight is 251 g/mol. The van der Waals surface area contributed by atoms with Crippen molar-refractivity contribution in [3.8, 4) is 0 Å². The van der Waals surface area contributed by atoms with Crippen LogP contribution in [0.1, 0.15) is 24.2 Å². The third-order valence-corrected chi connectivity index (χ3v) is 2.92. The van der Waals surface area contributed by atoms with Crippen LogP contribution >= 0.6 is 0 Å². The van der Waals surface area contributed by atoms with E-state index in [1.807, 2.05) is 18.7 Å². The van der Waals surface area contributed by atoms with E-state index in [1.165, 1.54) is 12.3 Å². The third-order valence-electron chi connectivity index (χ3n) is 2.92. The lowest BCUT2D eigenvalue weighted by atomic mass is 10.1. The Morgan fingerprint density at radius 3 is 2.94 bits per heavy atom. The minimum atomic E-state index is -1.04. The van der Waals surface area contributed by atoms with Gasteiger partial charge in [-0.1, -0.05) is 0 Å². The first-order valence-electron chi connectivity index (χ1n) is 5.77. The first kappa shape index (κ1) is 12.6. The van der Waals surface area contributed by atoms with Gasteiger partial charge in [-0.05, 0) is 19.9 Å². The summed E-state index contributed by atoms with van der Waals surface area (Å²) in [6, 6.07) is 1.41. The molecule has 98 valence electrons. The highest BCUT2D eigenvalue weighted by atomic mass is 16.5. The van der Waals surface area contributed by atoms with Crippen LogP contribution in [0.25, 0.3) is 0 Å². The van der Waals surface area contributed by atoms with Crippen molar-refractivity contribution in [2.45, 2.75) is 19.4 Å². The van der Waals surface area contributed by atoms with Crippen LogP contribution < -0.4 is 10.6 Å². The van der Waals surface area contributed by atoms with Gasteiger partial charge in [0.1, 0.15) is 0 Å². The maximum absolute atomic E-state index is 11.0. The predicted octanol–water partition coefficient (Wildman–Crippen LogP) is 0.977. The lowest BCUT2D eigenvalue weighted by Crippen LogP contribution is -2.48. The molecule has 0 bridgehead atoms. The van der Waals surface area contributed by atoms with E-state index in [4.69, 9.17) is 15.6 Å². The van der Waals surface area contributed by atoms with E-state index >= 15 is 0 Å². The van der Waals surface area contributed by atoms with E-state index in [1.54, 1.807) is 0 Å². The summed E-state index contributed by atoms with van der Waals surface area (Å²) in [6.07, 6.45) is 1.47. The molecule has 3 N–H and O–H groups in total. The molecule has 1 aliphatic heterocycles. The third kappa shape index (κ3) is 2.38. The Morgan fingerprint density at radius 2 is 2.33 bits per heavy atom. The van der Waals surface area contributed by atoms with Gasteiger partial charge in [-0.25, -0.2) is 9.78 Å². The number of carboxylic acids is 1. The number of aromatic carboxylic acids is 1. The van der Waals surface area contributed by atoms with Crippen molar-refractivity contribution in [1.29, 1.82) is 0 Å². The fourth-order valence-corrected chi connectivity index (χ4v) is 2.10. The number of nitrogens with zero attached hydrogens (tertiary/aromatic N) is 2. The van der Waals surface area contributed by atoms with E-state index in [-0.39, 0.29) is 16.9 Å². The molecule has 0 atom stereocenters. The number of hydrogen-bond donors (Lipinski definition) is 2. The van der Waals surface area contributed by atoms with Gasteiger partial charge < -0.3 is 20.5 Å². The van der Waals surface area contributed by atoms with Crippen molar-refractivity contribution in [3.63, 3.8) is 0 Å². The standard InChI is InChI=1S/C12H17N3O3/c1-12(2)7-15(5-6-18-12)10-9(13)8(11(16)17)3-4-14-10/h3-4H,5-7,13H2,1-2H3,(H,16,17). The van der Waals surface area contributed by atoms with E-state index in [0.29, 0.717) is 25.5 Å². The molecule has 0 aromatic carbocycles. The zero-order valence-electron chi connectivity index (χ0n) is 10.5. The van der Waals surface area contributed by atoms with Gasteiger partial charge in [0.25, 0.3) is 0 Å². The summed E-state index contributed by atoms with van der Waals surface area (Å²) in [7, 11) is 0. The quantitative estimate of drug-likeness (QED) is 0.814. The number of rotatable bonds is 2. The van der Waals surface area contributed by atoms with Gasteiger partial charge in [-0.2, -0.15) is 0 Å². The molecular weight excluding hydrogens is 234 g/mol.